The van der Waals surface area contributed by atoms with Crippen LogP contribution >= 0.6 is 0 Å². The third-order valence-corrected chi connectivity index (χ3v) is 7.91. The summed E-state index contributed by atoms with van der Waals surface area (Å²) in [7, 11) is 0. The Hall–Kier alpha value is -5.82. The molecule has 7 nitrogen and oxygen atoms in total. The minimum absolute atomic E-state index is 0.193. The van der Waals surface area contributed by atoms with Crippen LogP contribution in [-0.4, -0.2) is 25.2 Å². The molecule has 1 aromatic heterocycles. The SMILES string of the molecule is CCOC(=O)CCCOc1ccccc1-c1oc2ccccc2c1NC(c1ccccc1)c1cccc(C(=O)OCc2ccccc2)c1. The van der Waals surface area contributed by atoms with Crippen molar-refractivity contribution in [2.24, 2.45) is 0 Å². The molecule has 1 unspecified atom stereocenters. The lowest BCUT2D eigenvalue weighted by atomic mass is 9.96. The highest BCUT2D eigenvalue weighted by molar-refractivity contribution is 6.00. The van der Waals surface area contributed by atoms with Crippen molar-refractivity contribution in [3.05, 3.63) is 156 Å². The summed E-state index contributed by atoms with van der Waals surface area (Å²) in [4.78, 5) is 25.0. The third kappa shape index (κ3) is 7.76. The monoisotopic (exact) mass is 639 g/mol. The number of hydrogen-bond donors (Lipinski definition) is 1. The van der Waals surface area contributed by atoms with E-state index in [-0.39, 0.29) is 25.0 Å². The molecule has 6 aromatic rings. The van der Waals surface area contributed by atoms with Gasteiger partial charge in [-0.15, -0.1) is 0 Å². The minimum atomic E-state index is -0.393. The summed E-state index contributed by atoms with van der Waals surface area (Å²) in [6.07, 6.45) is 0.809. The first-order chi connectivity index (χ1) is 23.6. The van der Waals surface area contributed by atoms with Crippen LogP contribution < -0.4 is 10.1 Å². The molecule has 0 aliphatic carbocycles. The van der Waals surface area contributed by atoms with Crippen LogP contribution in [0, 0.1) is 0 Å². The molecule has 0 radical (unpaired) electrons. The van der Waals surface area contributed by atoms with E-state index in [4.69, 9.17) is 18.6 Å². The van der Waals surface area contributed by atoms with E-state index >= 15 is 0 Å². The largest absolute Gasteiger partial charge is 0.493 e. The van der Waals surface area contributed by atoms with Crippen LogP contribution in [0.5, 0.6) is 5.75 Å². The Balaban J connectivity index is 1.33. The van der Waals surface area contributed by atoms with Gasteiger partial charge in [0.05, 0.1) is 36.1 Å². The molecule has 0 saturated heterocycles. The quantitative estimate of drug-likeness (QED) is 0.0939. The summed E-state index contributed by atoms with van der Waals surface area (Å²) < 4.78 is 23.4. The molecule has 0 fully saturated rings. The molecular weight excluding hydrogens is 602 g/mol. The third-order valence-electron chi connectivity index (χ3n) is 7.91. The molecular formula is C41H37NO6. The number of anilines is 1. The Morgan fingerprint density at radius 3 is 2.27 bits per heavy atom. The van der Waals surface area contributed by atoms with E-state index in [1.54, 1.807) is 13.0 Å². The van der Waals surface area contributed by atoms with Crippen molar-refractivity contribution >= 4 is 28.6 Å². The standard InChI is InChI=1S/C41H37NO6/c1-2-45-37(43)25-14-26-46-35-23-11-10-22-34(35)40-39(33-21-9-12-24-36(33)48-40)42-38(30-17-7-4-8-18-30)31-19-13-20-32(27-31)41(44)47-28-29-15-5-3-6-16-29/h3-13,15-24,27,38,42H,2,14,25-26,28H2,1H3. The Morgan fingerprint density at radius 1 is 0.750 bits per heavy atom. The van der Waals surface area contributed by atoms with Crippen molar-refractivity contribution in [2.45, 2.75) is 32.4 Å². The molecule has 6 rings (SSSR count). The van der Waals surface area contributed by atoms with Gasteiger partial charge in [-0.05, 0) is 66.4 Å². The predicted molar refractivity (Wildman–Crippen MR) is 187 cm³/mol. The van der Waals surface area contributed by atoms with E-state index in [1.807, 2.05) is 115 Å². The summed E-state index contributed by atoms with van der Waals surface area (Å²) in [5.41, 5.74) is 5.56. The number of nitrogens with one attached hydrogen (secondary N) is 1. The van der Waals surface area contributed by atoms with E-state index in [0.29, 0.717) is 36.7 Å². The van der Waals surface area contributed by atoms with Crippen LogP contribution in [-0.2, 0) is 20.9 Å². The van der Waals surface area contributed by atoms with E-state index in [0.717, 1.165) is 38.9 Å². The summed E-state index contributed by atoms with van der Waals surface area (Å²) in [5, 5.41) is 4.69. The highest BCUT2D eigenvalue weighted by Crippen LogP contribution is 2.44. The molecule has 1 heterocycles. The van der Waals surface area contributed by atoms with Gasteiger partial charge in [0.15, 0.2) is 5.76 Å². The Morgan fingerprint density at radius 2 is 1.46 bits per heavy atom. The van der Waals surface area contributed by atoms with Gasteiger partial charge in [0.25, 0.3) is 0 Å². The highest BCUT2D eigenvalue weighted by Gasteiger charge is 2.24. The molecule has 7 heteroatoms. The number of fused-ring (bicyclic) bond motifs is 1. The van der Waals surface area contributed by atoms with Gasteiger partial charge in [-0.3, -0.25) is 4.79 Å². The van der Waals surface area contributed by atoms with Crippen LogP contribution in [0.15, 0.2) is 138 Å². The van der Waals surface area contributed by atoms with Crippen LogP contribution in [0.25, 0.3) is 22.3 Å². The zero-order chi connectivity index (χ0) is 33.1. The Kier molecular flexibility index (Phi) is 10.5. The van der Waals surface area contributed by atoms with Crippen LogP contribution in [0.4, 0.5) is 5.69 Å². The van der Waals surface area contributed by atoms with Gasteiger partial charge >= 0.3 is 11.9 Å². The molecule has 0 aliphatic heterocycles. The Bertz CT molecular complexity index is 1970. The van der Waals surface area contributed by atoms with Gasteiger partial charge in [0.1, 0.15) is 17.9 Å². The molecule has 0 bridgehead atoms. The minimum Gasteiger partial charge on any atom is -0.493 e. The molecule has 0 aliphatic rings. The molecule has 5 aromatic carbocycles. The van der Waals surface area contributed by atoms with Crippen molar-refractivity contribution < 1.29 is 28.2 Å². The molecule has 0 amide bonds. The molecule has 0 saturated carbocycles. The number of furan rings is 1. The summed E-state index contributed by atoms with van der Waals surface area (Å²) in [5.74, 6) is 0.633. The summed E-state index contributed by atoms with van der Waals surface area (Å²) in [6, 6.07) is 42.5. The fraction of sp³-hybridized carbons (Fsp3) is 0.171. The number of rotatable bonds is 14. The average Bonchev–Trinajstić information content (AvgIpc) is 3.50. The number of ether oxygens (including phenoxy) is 3. The first-order valence-corrected chi connectivity index (χ1v) is 16.1. The summed E-state index contributed by atoms with van der Waals surface area (Å²) in [6.45, 7) is 2.69. The number of esters is 2. The molecule has 48 heavy (non-hydrogen) atoms. The fourth-order valence-corrected chi connectivity index (χ4v) is 5.59. The summed E-state index contributed by atoms with van der Waals surface area (Å²) >= 11 is 0. The van der Waals surface area contributed by atoms with Crippen LogP contribution in [0.2, 0.25) is 0 Å². The highest BCUT2D eigenvalue weighted by atomic mass is 16.5. The maximum Gasteiger partial charge on any atom is 0.338 e. The van der Waals surface area contributed by atoms with Crippen molar-refractivity contribution in [3.8, 4) is 17.1 Å². The van der Waals surface area contributed by atoms with Crippen LogP contribution in [0.1, 0.15) is 52.9 Å². The van der Waals surface area contributed by atoms with Crippen molar-refractivity contribution in [1.82, 2.24) is 0 Å². The second-order valence-electron chi connectivity index (χ2n) is 11.2. The van der Waals surface area contributed by atoms with Gasteiger partial charge in [0.2, 0.25) is 0 Å². The normalized spacial score (nSPS) is 11.5. The van der Waals surface area contributed by atoms with Gasteiger partial charge in [-0.25, -0.2) is 4.79 Å². The Labute approximate surface area is 280 Å². The van der Waals surface area contributed by atoms with Crippen molar-refractivity contribution in [2.75, 3.05) is 18.5 Å². The maximum atomic E-state index is 13.2. The lowest BCUT2D eigenvalue weighted by molar-refractivity contribution is -0.143. The molecule has 1 atom stereocenters. The number of carbonyl (C=O) groups is 2. The van der Waals surface area contributed by atoms with E-state index in [1.165, 1.54) is 0 Å². The molecule has 1 N–H and O–H groups in total. The zero-order valence-electron chi connectivity index (χ0n) is 26.8. The van der Waals surface area contributed by atoms with Gasteiger partial charge < -0.3 is 23.9 Å². The van der Waals surface area contributed by atoms with Gasteiger partial charge in [-0.1, -0.05) is 97.1 Å². The van der Waals surface area contributed by atoms with Gasteiger partial charge in [-0.2, -0.15) is 0 Å². The fourth-order valence-electron chi connectivity index (χ4n) is 5.59. The first kappa shape index (κ1) is 32.1. The second-order valence-corrected chi connectivity index (χ2v) is 11.2. The maximum absolute atomic E-state index is 13.2. The predicted octanol–water partition coefficient (Wildman–Crippen LogP) is 9.38. The zero-order valence-corrected chi connectivity index (χ0v) is 26.8. The van der Waals surface area contributed by atoms with Crippen LogP contribution in [0.3, 0.4) is 0 Å². The lowest BCUT2D eigenvalue weighted by Crippen LogP contribution is -2.14. The second kappa shape index (κ2) is 15.6. The van der Waals surface area contributed by atoms with E-state index in [9.17, 15) is 9.59 Å². The van der Waals surface area contributed by atoms with Crippen molar-refractivity contribution in [3.63, 3.8) is 0 Å². The van der Waals surface area contributed by atoms with E-state index in [2.05, 4.69) is 17.4 Å². The first-order valence-electron chi connectivity index (χ1n) is 16.1. The number of carbonyl (C=O) groups excluding carboxylic acids is 2. The lowest BCUT2D eigenvalue weighted by Gasteiger charge is -2.22. The molecule has 0 spiro atoms. The van der Waals surface area contributed by atoms with Crippen molar-refractivity contribution in [1.29, 1.82) is 0 Å². The number of hydrogen-bond acceptors (Lipinski definition) is 7. The number of para-hydroxylation sites is 2. The average molecular weight is 640 g/mol. The molecule has 242 valence electrons. The van der Waals surface area contributed by atoms with Gasteiger partial charge in [0, 0.05) is 11.8 Å². The van der Waals surface area contributed by atoms with E-state index < -0.39 is 5.97 Å². The topological polar surface area (TPSA) is 87.0 Å². The number of benzene rings is 5. The smallest absolute Gasteiger partial charge is 0.338 e.